The van der Waals surface area contributed by atoms with Crippen LogP contribution in [-0.2, 0) is 17.6 Å². The van der Waals surface area contributed by atoms with E-state index < -0.39 is 0 Å². The summed E-state index contributed by atoms with van der Waals surface area (Å²) in [6.45, 7) is 0. The molecule has 0 spiro atoms. The highest BCUT2D eigenvalue weighted by Crippen LogP contribution is 2.42. The standard InChI is InChI=1S/C20H20N6O2S2/c1-26(2)20(27)10-4-5-11-15(6-10)29-19-17(11)18(21-9-22-19)23-12-8-16-13(24-25-30-16)7-14(12)28-3/h7-10H,4-6H2,1-3H3,(H,21,22,23)/t10-/m0/s1. The number of carbonyl (C=O) groups is 1. The van der Waals surface area contributed by atoms with Gasteiger partial charge in [-0.3, -0.25) is 4.79 Å². The molecule has 0 bridgehead atoms. The summed E-state index contributed by atoms with van der Waals surface area (Å²) in [7, 11) is 5.27. The number of carbonyl (C=O) groups excluding carboxylic acids is 1. The van der Waals surface area contributed by atoms with E-state index >= 15 is 0 Å². The molecule has 0 saturated heterocycles. The third-order valence-electron chi connectivity index (χ3n) is 5.46. The van der Waals surface area contributed by atoms with Crippen molar-refractivity contribution in [3.8, 4) is 5.75 Å². The maximum Gasteiger partial charge on any atom is 0.225 e. The van der Waals surface area contributed by atoms with Crippen LogP contribution in [0.4, 0.5) is 11.5 Å². The van der Waals surface area contributed by atoms with Gasteiger partial charge in [-0.05, 0) is 42.4 Å². The molecular weight excluding hydrogens is 420 g/mol. The van der Waals surface area contributed by atoms with E-state index in [0.717, 1.165) is 51.2 Å². The highest BCUT2D eigenvalue weighted by Gasteiger charge is 2.30. The molecule has 0 unspecified atom stereocenters. The Bertz CT molecular complexity index is 1270. The molecule has 5 rings (SSSR count). The summed E-state index contributed by atoms with van der Waals surface area (Å²) in [6, 6.07) is 3.86. The topological polar surface area (TPSA) is 93.1 Å². The maximum atomic E-state index is 12.5. The molecule has 1 atom stereocenters. The van der Waals surface area contributed by atoms with Gasteiger partial charge in [0, 0.05) is 31.0 Å². The number of amides is 1. The minimum absolute atomic E-state index is 0.0336. The van der Waals surface area contributed by atoms with Gasteiger partial charge >= 0.3 is 0 Å². The molecule has 0 aliphatic heterocycles. The number of aryl methyl sites for hydroxylation is 1. The van der Waals surface area contributed by atoms with Crippen LogP contribution in [0.15, 0.2) is 18.5 Å². The number of ether oxygens (including phenoxy) is 1. The van der Waals surface area contributed by atoms with Gasteiger partial charge in [-0.15, -0.1) is 16.4 Å². The highest BCUT2D eigenvalue weighted by molar-refractivity contribution is 7.19. The molecule has 1 amide bonds. The van der Waals surface area contributed by atoms with Gasteiger partial charge in [0.15, 0.2) is 0 Å². The first kappa shape index (κ1) is 19.1. The van der Waals surface area contributed by atoms with Crippen molar-refractivity contribution in [1.82, 2.24) is 24.5 Å². The Morgan fingerprint density at radius 2 is 2.17 bits per heavy atom. The zero-order valence-electron chi connectivity index (χ0n) is 16.8. The third-order valence-corrected chi connectivity index (χ3v) is 7.31. The highest BCUT2D eigenvalue weighted by atomic mass is 32.1. The number of nitrogens with zero attached hydrogens (tertiary/aromatic N) is 5. The Labute approximate surface area is 181 Å². The van der Waals surface area contributed by atoms with Crippen LogP contribution in [0.2, 0.25) is 0 Å². The Morgan fingerprint density at radius 1 is 1.30 bits per heavy atom. The molecular formula is C20H20N6O2S2. The van der Waals surface area contributed by atoms with E-state index in [1.807, 2.05) is 26.2 Å². The van der Waals surface area contributed by atoms with Gasteiger partial charge in [0.25, 0.3) is 0 Å². The molecule has 30 heavy (non-hydrogen) atoms. The quantitative estimate of drug-likeness (QED) is 0.518. The van der Waals surface area contributed by atoms with Crippen molar-refractivity contribution >= 4 is 60.7 Å². The molecule has 3 aromatic heterocycles. The fourth-order valence-corrected chi connectivity index (χ4v) is 5.83. The van der Waals surface area contributed by atoms with Crippen molar-refractivity contribution in [3.63, 3.8) is 0 Å². The van der Waals surface area contributed by atoms with Crippen molar-refractivity contribution in [2.45, 2.75) is 19.3 Å². The van der Waals surface area contributed by atoms with Gasteiger partial charge in [-0.2, -0.15) is 0 Å². The monoisotopic (exact) mass is 440 g/mol. The van der Waals surface area contributed by atoms with E-state index in [9.17, 15) is 4.79 Å². The number of nitrogens with one attached hydrogen (secondary N) is 1. The molecule has 8 nitrogen and oxygen atoms in total. The smallest absolute Gasteiger partial charge is 0.225 e. The summed E-state index contributed by atoms with van der Waals surface area (Å²) in [6.07, 6.45) is 4.02. The number of rotatable bonds is 4. The van der Waals surface area contributed by atoms with E-state index in [4.69, 9.17) is 4.74 Å². The normalized spacial score (nSPS) is 15.9. The van der Waals surface area contributed by atoms with Crippen molar-refractivity contribution in [2.24, 2.45) is 5.92 Å². The second-order valence-electron chi connectivity index (χ2n) is 7.50. The number of thiophene rings is 1. The average Bonchev–Trinajstić information content (AvgIpc) is 3.35. The lowest BCUT2D eigenvalue weighted by molar-refractivity contribution is -0.133. The average molecular weight is 441 g/mol. The van der Waals surface area contributed by atoms with Gasteiger partial charge in [0.2, 0.25) is 5.91 Å². The SMILES string of the molecule is COc1cc2nnsc2cc1Nc1ncnc2sc3c(c12)CC[C@H](C(=O)N(C)C)C3. The maximum absolute atomic E-state index is 12.5. The molecule has 1 aliphatic carbocycles. The van der Waals surface area contributed by atoms with E-state index in [1.165, 1.54) is 22.0 Å². The molecule has 4 aromatic rings. The van der Waals surface area contributed by atoms with Gasteiger partial charge in [-0.25, -0.2) is 9.97 Å². The summed E-state index contributed by atoms with van der Waals surface area (Å²) in [5.74, 6) is 1.66. The van der Waals surface area contributed by atoms with Crippen molar-refractivity contribution in [2.75, 3.05) is 26.5 Å². The van der Waals surface area contributed by atoms with Crippen molar-refractivity contribution in [1.29, 1.82) is 0 Å². The zero-order chi connectivity index (χ0) is 20.8. The molecule has 1 aromatic carbocycles. The van der Waals surface area contributed by atoms with Gasteiger partial charge < -0.3 is 15.0 Å². The van der Waals surface area contributed by atoms with Crippen LogP contribution >= 0.6 is 22.9 Å². The second kappa shape index (κ2) is 7.44. The number of hydrogen-bond acceptors (Lipinski definition) is 9. The minimum atomic E-state index is 0.0336. The van der Waals surface area contributed by atoms with Crippen LogP contribution in [0.3, 0.4) is 0 Å². The summed E-state index contributed by atoms with van der Waals surface area (Å²) in [5.41, 5.74) is 2.87. The summed E-state index contributed by atoms with van der Waals surface area (Å²) >= 11 is 3.00. The molecule has 154 valence electrons. The van der Waals surface area contributed by atoms with Crippen LogP contribution in [0.5, 0.6) is 5.75 Å². The summed E-state index contributed by atoms with van der Waals surface area (Å²) in [5, 5.41) is 8.60. The van der Waals surface area contributed by atoms with E-state index in [-0.39, 0.29) is 11.8 Å². The van der Waals surface area contributed by atoms with Crippen LogP contribution < -0.4 is 10.1 Å². The Hall–Kier alpha value is -2.85. The zero-order valence-corrected chi connectivity index (χ0v) is 18.4. The summed E-state index contributed by atoms with van der Waals surface area (Å²) in [4.78, 5) is 25.3. The number of fused-ring (bicyclic) bond motifs is 4. The van der Waals surface area contributed by atoms with E-state index in [0.29, 0.717) is 5.75 Å². The van der Waals surface area contributed by atoms with E-state index in [2.05, 4.69) is 24.9 Å². The molecule has 0 saturated carbocycles. The Morgan fingerprint density at radius 3 is 2.97 bits per heavy atom. The Balaban J connectivity index is 1.55. The number of anilines is 2. The van der Waals surface area contributed by atoms with Gasteiger partial charge in [0.1, 0.15) is 28.2 Å². The van der Waals surface area contributed by atoms with Crippen LogP contribution in [0, 0.1) is 5.92 Å². The van der Waals surface area contributed by atoms with E-state index in [1.54, 1.807) is 29.7 Å². The van der Waals surface area contributed by atoms with Crippen molar-refractivity contribution in [3.05, 3.63) is 28.9 Å². The molecule has 1 N–H and O–H groups in total. The lowest BCUT2D eigenvalue weighted by Crippen LogP contribution is -2.32. The predicted octanol–water partition coefficient (Wildman–Crippen LogP) is 3.64. The molecule has 1 aliphatic rings. The number of benzene rings is 1. The fraction of sp³-hybridized carbons (Fsp3) is 0.350. The second-order valence-corrected chi connectivity index (χ2v) is 9.37. The summed E-state index contributed by atoms with van der Waals surface area (Å²) < 4.78 is 10.5. The minimum Gasteiger partial charge on any atom is -0.494 e. The first-order valence-electron chi connectivity index (χ1n) is 9.58. The van der Waals surface area contributed by atoms with Crippen LogP contribution in [-0.4, -0.2) is 51.6 Å². The number of methoxy groups -OCH3 is 1. The van der Waals surface area contributed by atoms with Crippen LogP contribution in [0.25, 0.3) is 20.4 Å². The first-order valence-corrected chi connectivity index (χ1v) is 11.2. The Kier molecular flexibility index (Phi) is 4.75. The van der Waals surface area contributed by atoms with Gasteiger partial charge in [-0.1, -0.05) is 4.49 Å². The van der Waals surface area contributed by atoms with Crippen molar-refractivity contribution < 1.29 is 9.53 Å². The largest absolute Gasteiger partial charge is 0.494 e. The lowest BCUT2D eigenvalue weighted by Gasteiger charge is -2.24. The molecule has 10 heteroatoms. The molecule has 3 heterocycles. The predicted molar refractivity (Wildman–Crippen MR) is 119 cm³/mol. The molecule has 0 fully saturated rings. The van der Waals surface area contributed by atoms with Crippen LogP contribution in [0.1, 0.15) is 16.9 Å². The first-order chi connectivity index (χ1) is 14.5. The number of hydrogen-bond donors (Lipinski definition) is 1. The lowest BCUT2D eigenvalue weighted by atomic mass is 9.87. The fourth-order valence-electron chi connectivity index (χ4n) is 3.98. The van der Waals surface area contributed by atoms with Gasteiger partial charge in [0.05, 0.1) is 22.9 Å². The third kappa shape index (κ3) is 3.16. The number of aromatic nitrogens is 4. The molecule has 0 radical (unpaired) electrons.